The van der Waals surface area contributed by atoms with E-state index in [9.17, 15) is 14.4 Å². The summed E-state index contributed by atoms with van der Waals surface area (Å²) in [6, 6.07) is 10.3. The molecule has 1 fully saturated rings. The summed E-state index contributed by atoms with van der Waals surface area (Å²) in [5.41, 5.74) is 1.91. The summed E-state index contributed by atoms with van der Waals surface area (Å²) in [6.07, 6.45) is 1.54. The molecule has 0 atom stereocenters. The van der Waals surface area contributed by atoms with E-state index in [0.29, 0.717) is 48.8 Å². The lowest BCUT2D eigenvalue weighted by Crippen LogP contribution is -2.50. The van der Waals surface area contributed by atoms with Crippen LogP contribution in [0.5, 0.6) is 0 Å². The van der Waals surface area contributed by atoms with Crippen molar-refractivity contribution in [3.8, 4) is 0 Å². The average molecular weight is 382 g/mol. The van der Waals surface area contributed by atoms with Gasteiger partial charge in [-0.15, -0.1) is 0 Å². The minimum absolute atomic E-state index is 0.0145. The summed E-state index contributed by atoms with van der Waals surface area (Å²) >= 11 is 0. The number of benzene rings is 1. The van der Waals surface area contributed by atoms with Crippen LogP contribution in [0.2, 0.25) is 0 Å². The van der Waals surface area contributed by atoms with Crippen LogP contribution in [0.15, 0.2) is 42.6 Å². The number of carbonyl (C=O) groups excluding carboxylic acids is 3. The van der Waals surface area contributed by atoms with E-state index in [0.717, 1.165) is 0 Å². The number of hydrogen-bond donors (Lipinski definition) is 1. The number of hydrogen-bond acceptors (Lipinski definition) is 6. The maximum atomic E-state index is 12.8. The molecular weight excluding hydrogens is 360 g/mol. The Kier molecular flexibility index (Phi) is 5.88. The molecule has 2 aromatic rings. The molecule has 1 aliphatic heterocycles. The van der Waals surface area contributed by atoms with Gasteiger partial charge >= 0.3 is 5.97 Å². The highest BCUT2D eigenvalue weighted by Crippen LogP contribution is 2.22. The normalized spacial score (nSPS) is 13.8. The first kappa shape index (κ1) is 19.3. The molecule has 2 heterocycles. The van der Waals surface area contributed by atoms with Gasteiger partial charge in [0, 0.05) is 45.0 Å². The third-order valence-electron chi connectivity index (χ3n) is 4.60. The molecule has 0 spiro atoms. The van der Waals surface area contributed by atoms with Crippen molar-refractivity contribution in [3.63, 3.8) is 0 Å². The molecule has 1 aromatic heterocycles. The molecule has 0 unspecified atom stereocenters. The first-order chi connectivity index (χ1) is 13.5. The Labute approximate surface area is 163 Å². The van der Waals surface area contributed by atoms with Gasteiger partial charge in [-0.1, -0.05) is 12.1 Å². The van der Waals surface area contributed by atoms with E-state index >= 15 is 0 Å². The minimum Gasteiger partial charge on any atom is -0.465 e. The number of methoxy groups -OCH3 is 1. The van der Waals surface area contributed by atoms with Gasteiger partial charge in [0.05, 0.1) is 18.4 Å². The lowest BCUT2D eigenvalue weighted by molar-refractivity contribution is -0.130. The first-order valence-corrected chi connectivity index (χ1v) is 8.95. The molecule has 8 heteroatoms. The van der Waals surface area contributed by atoms with Crippen LogP contribution in [0.25, 0.3) is 0 Å². The number of anilines is 2. The molecule has 1 aliphatic rings. The number of nitrogens with zero attached hydrogens (tertiary/aromatic N) is 3. The van der Waals surface area contributed by atoms with Gasteiger partial charge in [-0.3, -0.25) is 14.6 Å². The zero-order chi connectivity index (χ0) is 20.1. The maximum absolute atomic E-state index is 12.8. The number of rotatable bonds is 4. The lowest BCUT2D eigenvalue weighted by atomic mass is 10.1. The molecule has 0 saturated carbocycles. The van der Waals surface area contributed by atoms with Crippen LogP contribution in [0.3, 0.4) is 0 Å². The number of ether oxygens (including phenoxy) is 1. The van der Waals surface area contributed by atoms with Crippen LogP contribution in [-0.2, 0) is 9.53 Å². The van der Waals surface area contributed by atoms with E-state index in [2.05, 4.69) is 10.3 Å². The molecule has 1 N–H and O–H groups in total. The highest BCUT2D eigenvalue weighted by molar-refractivity contribution is 5.97. The summed E-state index contributed by atoms with van der Waals surface area (Å²) in [6.45, 7) is 3.52. The Balaban J connectivity index is 1.74. The first-order valence-electron chi connectivity index (χ1n) is 8.95. The minimum atomic E-state index is -0.447. The molecule has 146 valence electrons. The lowest BCUT2D eigenvalue weighted by Gasteiger charge is -2.34. The van der Waals surface area contributed by atoms with E-state index in [1.165, 1.54) is 14.0 Å². The Bertz CT molecular complexity index is 891. The van der Waals surface area contributed by atoms with Gasteiger partial charge in [-0.25, -0.2) is 4.79 Å². The molecule has 3 rings (SSSR count). The molecular formula is C20H22N4O4. The van der Waals surface area contributed by atoms with Crippen LogP contribution in [0.4, 0.5) is 11.4 Å². The highest BCUT2D eigenvalue weighted by atomic mass is 16.5. The smallest absolute Gasteiger partial charge is 0.339 e. The van der Waals surface area contributed by atoms with E-state index in [1.807, 2.05) is 0 Å². The van der Waals surface area contributed by atoms with Crippen molar-refractivity contribution in [2.75, 3.05) is 38.6 Å². The SMILES string of the molecule is COC(=O)c1ccccc1Nc1ccnc(C(=O)N2CCN(C(C)=O)CC2)c1. The zero-order valence-corrected chi connectivity index (χ0v) is 15.8. The summed E-state index contributed by atoms with van der Waals surface area (Å²) in [5, 5.41) is 3.14. The van der Waals surface area contributed by atoms with Crippen LogP contribution < -0.4 is 5.32 Å². The van der Waals surface area contributed by atoms with Gasteiger partial charge in [0.15, 0.2) is 0 Å². The fourth-order valence-electron chi connectivity index (χ4n) is 3.05. The molecule has 0 bridgehead atoms. The summed E-state index contributed by atoms with van der Waals surface area (Å²) < 4.78 is 4.80. The van der Waals surface area contributed by atoms with Crippen molar-refractivity contribution < 1.29 is 19.1 Å². The van der Waals surface area contributed by atoms with Crippen molar-refractivity contribution in [3.05, 3.63) is 53.9 Å². The Morgan fingerprint density at radius 3 is 2.39 bits per heavy atom. The molecule has 0 aliphatic carbocycles. The summed E-state index contributed by atoms with van der Waals surface area (Å²) in [5.74, 6) is -0.620. The molecule has 1 aromatic carbocycles. The van der Waals surface area contributed by atoms with Gasteiger partial charge < -0.3 is 19.9 Å². The third-order valence-corrected chi connectivity index (χ3v) is 4.60. The maximum Gasteiger partial charge on any atom is 0.339 e. The van der Waals surface area contributed by atoms with E-state index in [1.54, 1.807) is 52.4 Å². The van der Waals surface area contributed by atoms with Gasteiger partial charge in [0.2, 0.25) is 5.91 Å². The van der Waals surface area contributed by atoms with Crippen LogP contribution in [0.1, 0.15) is 27.8 Å². The Morgan fingerprint density at radius 2 is 1.71 bits per heavy atom. The second-order valence-corrected chi connectivity index (χ2v) is 6.39. The number of amides is 2. The number of carbonyl (C=O) groups is 3. The standard InChI is InChI=1S/C20H22N4O4/c1-14(25)23-9-11-24(12-10-23)19(26)18-13-15(7-8-21-18)22-17-6-4-3-5-16(17)20(27)28-2/h3-8,13H,9-12H2,1-2H3,(H,21,22). The zero-order valence-electron chi connectivity index (χ0n) is 15.8. The van der Waals surface area contributed by atoms with Gasteiger partial charge in [0.1, 0.15) is 5.69 Å². The van der Waals surface area contributed by atoms with Crippen molar-refractivity contribution in [1.29, 1.82) is 0 Å². The Hall–Kier alpha value is -3.42. The van der Waals surface area contributed by atoms with E-state index < -0.39 is 5.97 Å². The van der Waals surface area contributed by atoms with Crippen molar-refractivity contribution in [2.45, 2.75) is 6.92 Å². The van der Waals surface area contributed by atoms with Crippen molar-refractivity contribution in [2.24, 2.45) is 0 Å². The van der Waals surface area contributed by atoms with Crippen LogP contribution in [0, 0.1) is 0 Å². The highest BCUT2D eigenvalue weighted by Gasteiger charge is 2.24. The fraction of sp³-hybridized carbons (Fsp3) is 0.300. The molecule has 2 amide bonds. The molecule has 1 saturated heterocycles. The van der Waals surface area contributed by atoms with Crippen LogP contribution in [-0.4, -0.2) is 65.9 Å². The van der Waals surface area contributed by atoms with Crippen LogP contribution >= 0.6 is 0 Å². The number of nitrogens with one attached hydrogen (secondary N) is 1. The quantitative estimate of drug-likeness (QED) is 0.813. The van der Waals surface area contributed by atoms with Gasteiger partial charge in [0.25, 0.3) is 5.91 Å². The van der Waals surface area contributed by atoms with Gasteiger partial charge in [-0.05, 0) is 24.3 Å². The predicted molar refractivity (Wildman–Crippen MR) is 103 cm³/mol. The number of esters is 1. The second-order valence-electron chi connectivity index (χ2n) is 6.39. The monoisotopic (exact) mass is 382 g/mol. The number of para-hydroxylation sites is 1. The van der Waals surface area contributed by atoms with Crippen molar-refractivity contribution in [1.82, 2.24) is 14.8 Å². The fourth-order valence-corrected chi connectivity index (χ4v) is 3.05. The van der Waals surface area contributed by atoms with Crippen molar-refractivity contribution >= 4 is 29.2 Å². The predicted octanol–water partition coefficient (Wildman–Crippen LogP) is 1.92. The Morgan fingerprint density at radius 1 is 1.04 bits per heavy atom. The average Bonchev–Trinajstić information content (AvgIpc) is 2.73. The van der Waals surface area contributed by atoms with Gasteiger partial charge in [-0.2, -0.15) is 0 Å². The number of pyridine rings is 1. The van der Waals surface area contributed by atoms with E-state index in [4.69, 9.17) is 4.74 Å². The molecule has 28 heavy (non-hydrogen) atoms. The third kappa shape index (κ3) is 4.28. The number of aromatic nitrogens is 1. The largest absolute Gasteiger partial charge is 0.465 e. The molecule has 8 nitrogen and oxygen atoms in total. The topological polar surface area (TPSA) is 91.8 Å². The van der Waals surface area contributed by atoms with E-state index in [-0.39, 0.29) is 11.8 Å². The second kappa shape index (κ2) is 8.51. The summed E-state index contributed by atoms with van der Waals surface area (Å²) in [7, 11) is 1.33. The molecule has 0 radical (unpaired) electrons. The number of piperazine rings is 1. The summed E-state index contributed by atoms with van der Waals surface area (Å²) in [4.78, 5) is 43.7.